The van der Waals surface area contributed by atoms with E-state index in [0.29, 0.717) is 0 Å². The van der Waals surface area contributed by atoms with Gasteiger partial charge in [-0.1, -0.05) is 23.7 Å². The van der Waals surface area contributed by atoms with Crippen LogP contribution in [0.1, 0.15) is 38.2 Å². The maximum absolute atomic E-state index is 6.16. The Morgan fingerprint density at radius 3 is 2.16 bits per heavy atom. The van der Waals surface area contributed by atoms with Gasteiger partial charge in [-0.3, -0.25) is 4.90 Å². The predicted molar refractivity (Wildman–Crippen MR) is 123 cm³/mol. The fourth-order valence-corrected chi connectivity index (χ4v) is 4.17. The Labute approximate surface area is 188 Å². The first-order valence-corrected chi connectivity index (χ1v) is 10.9. The Hall–Kier alpha value is -2.64. The maximum atomic E-state index is 6.16. The Morgan fingerprint density at radius 2 is 1.58 bits per heavy atom. The third-order valence-corrected chi connectivity index (χ3v) is 5.93. The highest BCUT2D eigenvalue weighted by atomic mass is 35.5. The highest BCUT2D eigenvalue weighted by Crippen LogP contribution is 2.32. The van der Waals surface area contributed by atoms with Crippen molar-refractivity contribution in [3.63, 3.8) is 0 Å². The lowest BCUT2D eigenvalue weighted by molar-refractivity contribution is 0.191. The van der Waals surface area contributed by atoms with E-state index < -0.39 is 0 Å². The molecule has 1 fully saturated rings. The molecule has 1 saturated heterocycles. The molecular formula is C23H29ClN6O. The molecule has 1 aliphatic rings. The van der Waals surface area contributed by atoms with E-state index >= 15 is 0 Å². The van der Waals surface area contributed by atoms with E-state index in [9.17, 15) is 0 Å². The topological polar surface area (TPSA) is 59.3 Å². The lowest BCUT2D eigenvalue weighted by atomic mass is 10.0. The molecule has 0 aliphatic carbocycles. The second-order valence-corrected chi connectivity index (χ2v) is 9.23. The monoisotopic (exact) mass is 440 g/mol. The number of halogens is 1. The zero-order chi connectivity index (χ0) is 22.0. The highest BCUT2D eigenvalue weighted by molar-refractivity contribution is 6.30. The first-order chi connectivity index (χ1) is 14.9. The summed E-state index contributed by atoms with van der Waals surface area (Å²) < 4.78 is 7.22. The summed E-state index contributed by atoms with van der Waals surface area (Å²) >= 11 is 6.16. The van der Waals surface area contributed by atoms with Crippen LogP contribution in [-0.2, 0) is 5.54 Å². The van der Waals surface area contributed by atoms with E-state index in [-0.39, 0.29) is 11.6 Å². The van der Waals surface area contributed by atoms with Gasteiger partial charge in [0.05, 0.1) is 18.7 Å². The lowest BCUT2D eigenvalue weighted by Gasteiger charge is -2.40. The number of aromatic nitrogens is 4. The number of anilines is 1. The largest absolute Gasteiger partial charge is 0.497 e. The Balaban J connectivity index is 1.60. The van der Waals surface area contributed by atoms with E-state index in [2.05, 4.69) is 70.4 Å². The van der Waals surface area contributed by atoms with Crippen LogP contribution in [0.2, 0.25) is 5.02 Å². The quantitative estimate of drug-likeness (QED) is 0.597. The zero-order valence-corrected chi connectivity index (χ0v) is 19.3. The van der Waals surface area contributed by atoms with Gasteiger partial charge in [-0.05, 0) is 73.2 Å². The molecule has 0 N–H and O–H groups in total. The van der Waals surface area contributed by atoms with Crippen LogP contribution in [0.25, 0.3) is 0 Å². The predicted octanol–water partition coefficient (Wildman–Crippen LogP) is 4.00. The van der Waals surface area contributed by atoms with Crippen LogP contribution >= 0.6 is 11.6 Å². The standard InChI is InChI=1S/C23H29ClN6O/c1-23(2,3)30-22(25-26-27-30)21(17-5-7-18(24)8-6-17)29-15-13-28(14-16-29)19-9-11-20(31-4)12-10-19/h5-12,21H,13-16H2,1-4H3/t21-/m0/s1. The number of rotatable bonds is 5. The van der Waals surface area contributed by atoms with Crippen molar-refractivity contribution in [3.8, 4) is 5.75 Å². The summed E-state index contributed by atoms with van der Waals surface area (Å²) in [6.07, 6.45) is 0. The van der Waals surface area contributed by atoms with Gasteiger partial charge in [-0.15, -0.1) is 5.10 Å². The number of hydrogen-bond acceptors (Lipinski definition) is 6. The van der Waals surface area contributed by atoms with Crippen molar-refractivity contribution in [2.24, 2.45) is 0 Å². The summed E-state index contributed by atoms with van der Waals surface area (Å²) in [6.45, 7) is 10.0. The number of nitrogens with zero attached hydrogens (tertiary/aromatic N) is 6. The first-order valence-electron chi connectivity index (χ1n) is 10.5. The van der Waals surface area contributed by atoms with Crippen LogP contribution in [0.3, 0.4) is 0 Å². The van der Waals surface area contributed by atoms with Crippen LogP contribution in [0.4, 0.5) is 5.69 Å². The fourth-order valence-electron chi connectivity index (χ4n) is 4.04. The Bertz CT molecular complexity index is 988. The molecule has 1 aliphatic heterocycles. The van der Waals surface area contributed by atoms with Crippen LogP contribution in [0, 0.1) is 0 Å². The number of piperazine rings is 1. The van der Waals surface area contributed by atoms with Gasteiger partial charge in [-0.25, -0.2) is 4.68 Å². The van der Waals surface area contributed by atoms with Gasteiger partial charge < -0.3 is 9.64 Å². The molecular weight excluding hydrogens is 412 g/mol. The molecule has 0 spiro atoms. The molecule has 0 unspecified atom stereocenters. The molecule has 7 nitrogen and oxygen atoms in total. The molecule has 1 atom stereocenters. The van der Waals surface area contributed by atoms with Crippen molar-refractivity contribution >= 4 is 17.3 Å². The zero-order valence-electron chi connectivity index (χ0n) is 18.5. The highest BCUT2D eigenvalue weighted by Gasteiger charge is 2.33. The van der Waals surface area contributed by atoms with E-state index in [1.807, 2.05) is 28.9 Å². The van der Waals surface area contributed by atoms with Gasteiger partial charge in [0, 0.05) is 36.9 Å². The Kier molecular flexibility index (Phi) is 6.16. The summed E-state index contributed by atoms with van der Waals surface area (Å²) in [4.78, 5) is 4.86. The van der Waals surface area contributed by atoms with Crippen LogP contribution in [-0.4, -0.2) is 58.4 Å². The van der Waals surface area contributed by atoms with Crippen molar-refractivity contribution in [2.75, 3.05) is 38.2 Å². The molecule has 164 valence electrons. The van der Waals surface area contributed by atoms with Crippen molar-refractivity contribution in [2.45, 2.75) is 32.4 Å². The smallest absolute Gasteiger partial charge is 0.173 e. The molecule has 2 heterocycles. The summed E-state index contributed by atoms with van der Waals surface area (Å²) in [5.41, 5.74) is 2.14. The number of ether oxygens (including phenoxy) is 1. The van der Waals surface area contributed by atoms with E-state index in [1.54, 1.807) is 7.11 Å². The van der Waals surface area contributed by atoms with Crippen molar-refractivity contribution in [1.29, 1.82) is 0 Å². The fraction of sp³-hybridized carbons (Fsp3) is 0.435. The summed E-state index contributed by atoms with van der Waals surface area (Å²) in [5.74, 6) is 1.73. The normalized spacial score (nSPS) is 16.4. The summed E-state index contributed by atoms with van der Waals surface area (Å²) in [5, 5.41) is 13.5. The van der Waals surface area contributed by atoms with Crippen LogP contribution in [0.15, 0.2) is 48.5 Å². The number of tetrazole rings is 1. The third kappa shape index (κ3) is 4.67. The van der Waals surface area contributed by atoms with Crippen molar-refractivity contribution in [1.82, 2.24) is 25.1 Å². The molecule has 31 heavy (non-hydrogen) atoms. The first kappa shape index (κ1) is 21.6. The van der Waals surface area contributed by atoms with Crippen molar-refractivity contribution < 1.29 is 4.74 Å². The average molecular weight is 441 g/mol. The molecule has 1 aromatic heterocycles. The van der Waals surface area contributed by atoms with Gasteiger partial charge in [0.15, 0.2) is 5.82 Å². The molecule has 0 bridgehead atoms. The minimum atomic E-state index is -0.214. The minimum absolute atomic E-state index is 0.0375. The second kappa shape index (κ2) is 8.85. The number of benzene rings is 2. The summed E-state index contributed by atoms with van der Waals surface area (Å²) in [6, 6.07) is 16.2. The number of hydrogen-bond donors (Lipinski definition) is 0. The van der Waals surface area contributed by atoms with E-state index in [4.69, 9.17) is 16.3 Å². The minimum Gasteiger partial charge on any atom is -0.497 e. The molecule has 4 rings (SSSR count). The molecule has 0 radical (unpaired) electrons. The van der Waals surface area contributed by atoms with Crippen LogP contribution in [0.5, 0.6) is 5.75 Å². The lowest BCUT2D eigenvalue weighted by Crippen LogP contribution is -2.48. The molecule has 3 aromatic rings. The van der Waals surface area contributed by atoms with Gasteiger partial charge in [0.1, 0.15) is 5.75 Å². The Morgan fingerprint density at radius 1 is 0.935 bits per heavy atom. The SMILES string of the molecule is COc1ccc(N2CCN([C@@H](c3ccc(Cl)cc3)c3nnnn3C(C)(C)C)CC2)cc1. The van der Waals surface area contributed by atoms with E-state index in [0.717, 1.165) is 48.3 Å². The maximum Gasteiger partial charge on any atom is 0.173 e. The van der Waals surface area contributed by atoms with Crippen molar-refractivity contribution in [3.05, 3.63) is 64.9 Å². The molecule has 8 heteroatoms. The molecule has 0 saturated carbocycles. The van der Waals surface area contributed by atoms with Gasteiger partial charge in [0.25, 0.3) is 0 Å². The molecule has 2 aromatic carbocycles. The number of methoxy groups -OCH3 is 1. The van der Waals surface area contributed by atoms with Crippen LogP contribution < -0.4 is 9.64 Å². The summed E-state index contributed by atoms with van der Waals surface area (Å²) in [7, 11) is 1.69. The van der Waals surface area contributed by atoms with Gasteiger partial charge in [-0.2, -0.15) is 0 Å². The second-order valence-electron chi connectivity index (χ2n) is 8.79. The third-order valence-electron chi connectivity index (χ3n) is 5.68. The molecule has 0 amide bonds. The van der Waals surface area contributed by atoms with E-state index in [1.165, 1.54) is 5.69 Å². The van der Waals surface area contributed by atoms with Gasteiger partial charge in [0.2, 0.25) is 0 Å². The average Bonchev–Trinajstić information content (AvgIpc) is 3.26. The van der Waals surface area contributed by atoms with Gasteiger partial charge >= 0.3 is 0 Å².